The Morgan fingerprint density at radius 3 is 2.61 bits per heavy atom. The number of carboxylic acid groups (broad SMARTS) is 1. The summed E-state index contributed by atoms with van der Waals surface area (Å²) in [5, 5.41) is 20.2. The molecule has 3 N–H and O–H groups in total. The Hall–Kier alpha value is -1.97. The molecule has 9 heteroatoms. The van der Waals surface area contributed by atoms with Gasteiger partial charge in [-0.1, -0.05) is 25.3 Å². The van der Waals surface area contributed by atoms with Crippen molar-refractivity contribution in [2.24, 2.45) is 11.7 Å². The molecule has 1 aliphatic rings. The van der Waals surface area contributed by atoms with Crippen LogP contribution < -0.4 is 5.73 Å². The van der Waals surface area contributed by atoms with Crippen molar-refractivity contribution in [1.29, 1.82) is 0 Å². The number of aryl methyl sites for hydroxylation is 1. The summed E-state index contributed by atoms with van der Waals surface area (Å²) in [6, 6.07) is 3.59. The Balaban J connectivity index is 2.12. The van der Waals surface area contributed by atoms with Crippen molar-refractivity contribution in [2.45, 2.75) is 68.9 Å². The quantitative estimate of drug-likeness (QED) is 0.339. The van der Waals surface area contributed by atoms with E-state index in [0.29, 0.717) is 4.90 Å². The van der Waals surface area contributed by atoms with Crippen LogP contribution in [0.3, 0.4) is 0 Å². The molecule has 2 atom stereocenters. The van der Waals surface area contributed by atoms with Gasteiger partial charge in [-0.05, 0) is 44.2 Å². The fraction of sp³-hybridized carbons (Fsp3) is 0.579. The molecule has 1 saturated carbocycles. The van der Waals surface area contributed by atoms with E-state index in [9.17, 15) is 19.7 Å². The first-order chi connectivity index (χ1) is 13.3. The number of carbonyl (C=O) groups excluding carboxylic acids is 1. The third-order valence-electron chi connectivity index (χ3n) is 4.95. The first-order valence-corrected chi connectivity index (χ1v) is 10.1. The molecule has 28 heavy (non-hydrogen) atoms. The Morgan fingerprint density at radius 1 is 1.32 bits per heavy atom. The number of nitrogens with zero attached hydrogens (tertiary/aromatic N) is 1. The number of nitrogens with two attached hydrogens (primary N) is 1. The summed E-state index contributed by atoms with van der Waals surface area (Å²) in [5.74, 6) is -1.32. The van der Waals surface area contributed by atoms with Crippen molar-refractivity contribution < 1.29 is 23.8 Å². The maximum atomic E-state index is 12.9. The minimum atomic E-state index is -1.13. The predicted octanol–water partition coefficient (Wildman–Crippen LogP) is 3.64. The van der Waals surface area contributed by atoms with Crippen molar-refractivity contribution in [1.82, 2.24) is 0 Å². The number of ketones is 1. The Bertz CT molecular complexity index is 720. The summed E-state index contributed by atoms with van der Waals surface area (Å²) in [6.07, 6.45) is 4.05. The molecule has 154 valence electrons. The molecule has 1 aliphatic carbocycles. The monoisotopic (exact) mass is 410 g/mol. The second-order valence-corrected chi connectivity index (χ2v) is 7.95. The molecule has 0 radical (unpaired) electrons. The minimum Gasteiger partial charge on any atom is -0.480 e. The normalized spacial score (nSPS) is 17.1. The zero-order valence-corrected chi connectivity index (χ0v) is 16.7. The van der Waals surface area contributed by atoms with Gasteiger partial charge in [-0.15, -0.1) is 0 Å². The van der Waals surface area contributed by atoms with Crippen LogP contribution in [-0.4, -0.2) is 33.9 Å². The standard InChI is InChI=1S/C19H26N2O6S/c1-12-7-9-15(21(25)26)17(11-12)28-27-16(10-8-14(20)19(23)24)18(22)13-5-3-2-4-6-13/h7,9,11,13-14,16H,2-6,8,10,20H2,1H3,(H,23,24). The van der Waals surface area contributed by atoms with E-state index in [2.05, 4.69) is 0 Å². The van der Waals surface area contributed by atoms with Crippen LogP contribution in [0.1, 0.15) is 50.5 Å². The summed E-state index contributed by atoms with van der Waals surface area (Å²) in [4.78, 5) is 35.0. The second-order valence-electron chi connectivity index (χ2n) is 7.16. The molecule has 1 aromatic carbocycles. The number of rotatable bonds is 10. The topological polar surface area (TPSA) is 133 Å². The van der Waals surface area contributed by atoms with Crippen molar-refractivity contribution in [3.05, 3.63) is 33.9 Å². The van der Waals surface area contributed by atoms with E-state index in [1.165, 1.54) is 6.07 Å². The number of benzene rings is 1. The predicted molar refractivity (Wildman–Crippen MR) is 105 cm³/mol. The fourth-order valence-corrected chi connectivity index (χ4v) is 4.16. The van der Waals surface area contributed by atoms with E-state index >= 15 is 0 Å². The molecule has 0 bridgehead atoms. The zero-order chi connectivity index (χ0) is 20.7. The maximum Gasteiger partial charge on any atom is 0.320 e. The van der Waals surface area contributed by atoms with Crippen molar-refractivity contribution in [3.63, 3.8) is 0 Å². The van der Waals surface area contributed by atoms with Crippen LogP contribution in [0.4, 0.5) is 5.69 Å². The molecule has 0 aliphatic heterocycles. The largest absolute Gasteiger partial charge is 0.480 e. The van der Waals surface area contributed by atoms with Crippen LogP contribution in [0.2, 0.25) is 0 Å². The van der Waals surface area contributed by atoms with Gasteiger partial charge >= 0.3 is 5.97 Å². The van der Waals surface area contributed by atoms with Crippen LogP contribution in [-0.2, 0) is 13.8 Å². The summed E-state index contributed by atoms with van der Waals surface area (Å²) < 4.78 is 5.73. The smallest absolute Gasteiger partial charge is 0.320 e. The first-order valence-electron chi connectivity index (χ1n) is 9.40. The molecule has 2 rings (SSSR count). The number of hydrogen-bond acceptors (Lipinski definition) is 7. The van der Waals surface area contributed by atoms with Gasteiger partial charge in [0, 0.05) is 24.0 Å². The lowest BCUT2D eigenvalue weighted by atomic mass is 9.83. The van der Waals surface area contributed by atoms with Gasteiger partial charge in [-0.2, -0.15) is 0 Å². The van der Waals surface area contributed by atoms with E-state index < -0.39 is 23.0 Å². The van der Waals surface area contributed by atoms with Crippen molar-refractivity contribution in [3.8, 4) is 0 Å². The lowest BCUT2D eigenvalue weighted by Crippen LogP contribution is -2.35. The Labute approximate surface area is 168 Å². The summed E-state index contributed by atoms with van der Waals surface area (Å²) in [5.41, 5.74) is 6.31. The highest BCUT2D eigenvalue weighted by molar-refractivity contribution is 7.94. The molecular weight excluding hydrogens is 384 g/mol. The third kappa shape index (κ3) is 6.29. The van der Waals surface area contributed by atoms with Gasteiger partial charge in [-0.3, -0.25) is 23.9 Å². The molecule has 1 fully saturated rings. The highest BCUT2D eigenvalue weighted by Crippen LogP contribution is 2.34. The Morgan fingerprint density at radius 2 is 2.00 bits per heavy atom. The summed E-state index contributed by atoms with van der Waals surface area (Å²) in [7, 11) is 0. The number of aliphatic carboxylic acids is 1. The zero-order valence-electron chi connectivity index (χ0n) is 15.8. The molecule has 2 unspecified atom stereocenters. The lowest BCUT2D eigenvalue weighted by Gasteiger charge is -2.25. The Kier molecular flexibility index (Phi) is 8.40. The van der Waals surface area contributed by atoms with E-state index in [1.54, 1.807) is 12.1 Å². The van der Waals surface area contributed by atoms with Crippen LogP contribution in [0.15, 0.2) is 23.1 Å². The van der Waals surface area contributed by atoms with Gasteiger partial charge in [-0.25, -0.2) is 0 Å². The summed E-state index contributed by atoms with van der Waals surface area (Å²) in [6.45, 7) is 1.81. The molecule has 0 aromatic heterocycles. The molecule has 0 heterocycles. The number of nitro groups is 1. The van der Waals surface area contributed by atoms with Gasteiger partial charge in [0.25, 0.3) is 5.69 Å². The number of carbonyl (C=O) groups is 2. The van der Waals surface area contributed by atoms with E-state index in [4.69, 9.17) is 15.0 Å². The van der Waals surface area contributed by atoms with E-state index in [1.807, 2.05) is 6.92 Å². The SMILES string of the molecule is Cc1ccc([N+](=O)[O-])c(SOC(CCC(N)C(=O)O)C(=O)C2CCCCC2)c1. The molecule has 0 saturated heterocycles. The minimum absolute atomic E-state index is 0.0694. The van der Waals surface area contributed by atoms with Gasteiger partial charge in [0.2, 0.25) is 0 Å². The van der Waals surface area contributed by atoms with E-state index in [0.717, 1.165) is 49.7 Å². The number of hydrogen-bond donors (Lipinski definition) is 2. The number of nitro benzene ring substituents is 1. The average Bonchev–Trinajstić information content (AvgIpc) is 2.67. The number of Topliss-reactive ketones (excluding diaryl/α,β-unsaturated/α-hetero) is 1. The van der Waals surface area contributed by atoms with Crippen LogP contribution in [0.5, 0.6) is 0 Å². The third-order valence-corrected chi connectivity index (χ3v) is 5.78. The second kappa shape index (κ2) is 10.5. The fourth-order valence-electron chi connectivity index (χ4n) is 3.29. The molecule has 0 spiro atoms. The lowest BCUT2D eigenvalue weighted by molar-refractivity contribution is -0.387. The molecule has 8 nitrogen and oxygen atoms in total. The molecular formula is C19H26N2O6S. The van der Waals surface area contributed by atoms with E-state index in [-0.39, 0.29) is 30.2 Å². The average molecular weight is 410 g/mol. The first kappa shape index (κ1) is 22.3. The maximum absolute atomic E-state index is 12.9. The van der Waals surface area contributed by atoms with Gasteiger partial charge in [0.1, 0.15) is 17.0 Å². The summed E-state index contributed by atoms with van der Waals surface area (Å²) >= 11 is 0.799. The van der Waals surface area contributed by atoms with Gasteiger partial charge in [0.15, 0.2) is 5.78 Å². The van der Waals surface area contributed by atoms with Crippen LogP contribution in [0, 0.1) is 23.0 Å². The highest BCUT2D eigenvalue weighted by Gasteiger charge is 2.31. The van der Waals surface area contributed by atoms with Gasteiger partial charge in [0.05, 0.1) is 4.92 Å². The molecule has 0 amide bonds. The van der Waals surface area contributed by atoms with Crippen LogP contribution >= 0.6 is 12.0 Å². The number of carboxylic acids is 1. The van der Waals surface area contributed by atoms with Crippen molar-refractivity contribution >= 4 is 29.5 Å². The van der Waals surface area contributed by atoms with Crippen LogP contribution in [0.25, 0.3) is 0 Å². The highest BCUT2D eigenvalue weighted by atomic mass is 32.2. The molecule has 1 aromatic rings. The van der Waals surface area contributed by atoms with Crippen molar-refractivity contribution in [2.75, 3.05) is 0 Å². The van der Waals surface area contributed by atoms with Gasteiger partial charge < -0.3 is 10.8 Å².